The second kappa shape index (κ2) is 6.27. The summed E-state index contributed by atoms with van der Waals surface area (Å²) in [5.41, 5.74) is 0.533. The van der Waals surface area contributed by atoms with Gasteiger partial charge in [0.25, 0.3) is 11.6 Å². The van der Waals surface area contributed by atoms with Crippen LogP contribution in [0.5, 0.6) is 0 Å². The molecular formula is C17H19N5O3. The zero-order valence-electron chi connectivity index (χ0n) is 13.7. The van der Waals surface area contributed by atoms with Crippen LogP contribution in [0.1, 0.15) is 48.9 Å². The summed E-state index contributed by atoms with van der Waals surface area (Å²) in [6.45, 7) is 0. The maximum Gasteiger partial charge on any atom is 0.295 e. The molecule has 0 bridgehead atoms. The van der Waals surface area contributed by atoms with Crippen molar-refractivity contribution in [1.29, 1.82) is 0 Å². The number of amides is 1. The second-order valence-electron chi connectivity index (χ2n) is 6.68. The van der Waals surface area contributed by atoms with Gasteiger partial charge >= 0.3 is 0 Å². The van der Waals surface area contributed by atoms with E-state index in [4.69, 9.17) is 0 Å². The number of carbonyl (C=O) groups is 1. The lowest BCUT2D eigenvalue weighted by Crippen LogP contribution is -2.40. The summed E-state index contributed by atoms with van der Waals surface area (Å²) < 4.78 is 1.34. The van der Waals surface area contributed by atoms with Crippen LogP contribution in [0.3, 0.4) is 0 Å². The van der Waals surface area contributed by atoms with Crippen LogP contribution in [-0.4, -0.2) is 42.6 Å². The van der Waals surface area contributed by atoms with Gasteiger partial charge in [-0.15, -0.1) is 0 Å². The summed E-state index contributed by atoms with van der Waals surface area (Å²) >= 11 is 0. The highest BCUT2D eigenvalue weighted by molar-refractivity contribution is 5.96. The third-order valence-corrected chi connectivity index (χ3v) is 4.98. The molecule has 1 amide bonds. The molecule has 0 N–H and O–H groups in total. The van der Waals surface area contributed by atoms with Gasteiger partial charge < -0.3 is 4.90 Å². The van der Waals surface area contributed by atoms with Crippen LogP contribution in [0.4, 0.5) is 5.69 Å². The van der Waals surface area contributed by atoms with E-state index >= 15 is 0 Å². The average molecular weight is 341 g/mol. The van der Waals surface area contributed by atoms with E-state index in [-0.39, 0.29) is 17.6 Å². The lowest BCUT2D eigenvalue weighted by Gasteiger charge is -2.29. The van der Waals surface area contributed by atoms with Crippen LogP contribution < -0.4 is 0 Å². The number of nitro benzene ring substituents is 1. The van der Waals surface area contributed by atoms with Gasteiger partial charge in [-0.3, -0.25) is 14.9 Å². The molecule has 1 aromatic carbocycles. The van der Waals surface area contributed by atoms with Crippen molar-refractivity contribution in [2.24, 2.45) is 0 Å². The first-order valence-corrected chi connectivity index (χ1v) is 8.61. The van der Waals surface area contributed by atoms with Crippen LogP contribution in [0, 0.1) is 10.1 Å². The van der Waals surface area contributed by atoms with E-state index in [1.807, 2.05) is 4.90 Å². The molecule has 8 heteroatoms. The number of aromatic nitrogens is 3. The lowest BCUT2D eigenvalue weighted by atomic mass is 10.1. The minimum atomic E-state index is -0.481. The number of hydrogen-bond donors (Lipinski definition) is 0. The highest BCUT2D eigenvalue weighted by Crippen LogP contribution is 2.36. The zero-order valence-corrected chi connectivity index (χ0v) is 13.7. The van der Waals surface area contributed by atoms with Gasteiger partial charge in [-0.1, -0.05) is 12.8 Å². The van der Waals surface area contributed by atoms with Crippen LogP contribution in [0.15, 0.2) is 30.9 Å². The highest BCUT2D eigenvalue weighted by atomic mass is 16.6. The van der Waals surface area contributed by atoms with Gasteiger partial charge in [0.15, 0.2) is 0 Å². The van der Waals surface area contributed by atoms with Gasteiger partial charge in [-0.05, 0) is 37.8 Å². The second-order valence-corrected chi connectivity index (χ2v) is 6.68. The Bertz CT molecular complexity index is 795. The van der Waals surface area contributed by atoms with E-state index in [0.29, 0.717) is 17.3 Å². The van der Waals surface area contributed by atoms with E-state index in [9.17, 15) is 14.9 Å². The number of nitrogens with zero attached hydrogens (tertiary/aromatic N) is 5. The fourth-order valence-electron chi connectivity index (χ4n) is 3.64. The van der Waals surface area contributed by atoms with Crippen molar-refractivity contribution in [3.05, 3.63) is 46.5 Å². The van der Waals surface area contributed by atoms with Crippen LogP contribution in [0.2, 0.25) is 0 Å². The average Bonchev–Trinajstić information content (AvgIpc) is 3.08. The molecule has 2 aromatic rings. The first-order chi connectivity index (χ1) is 12.1. The van der Waals surface area contributed by atoms with Crippen molar-refractivity contribution < 1.29 is 9.72 Å². The van der Waals surface area contributed by atoms with Gasteiger partial charge in [-0.25, -0.2) is 9.67 Å². The number of nitro groups is 1. The van der Waals surface area contributed by atoms with Gasteiger partial charge in [0.1, 0.15) is 18.3 Å². The van der Waals surface area contributed by atoms with Crippen LogP contribution >= 0.6 is 0 Å². The van der Waals surface area contributed by atoms with E-state index in [2.05, 4.69) is 10.1 Å². The smallest absolute Gasteiger partial charge is 0.295 e. The Labute approximate surface area is 144 Å². The topological polar surface area (TPSA) is 94.2 Å². The number of carbonyl (C=O) groups excluding carboxylic acids is 1. The zero-order chi connectivity index (χ0) is 17.4. The predicted octanol–water partition coefficient (Wildman–Crippen LogP) is 2.72. The summed E-state index contributed by atoms with van der Waals surface area (Å²) in [4.78, 5) is 29.9. The molecule has 0 saturated heterocycles. The Balaban J connectivity index is 1.68. The van der Waals surface area contributed by atoms with Crippen LogP contribution in [-0.2, 0) is 0 Å². The molecule has 25 heavy (non-hydrogen) atoms. The minimum absolute atomic E-state index is 0.0948. The molecule has 0 atom stereocenters. The number of benzene rings is 1. The molecule has 0 radical (unpaired) electrons. The maximum absolute atomic E-state index is 13.1. The third kappa shape index (κ3) is 2.99. The van der Waals surface area contributed by atoms with E-state index in [1.165, 1.54) is 23.4 Å². The minimum Gasteiger partial charge on any atom is -0.333 e. The summed E-state index contributed by atoms with van der Waals surface area (Å²) in [5.74, 6) is -0.0948. The molecule has 8 nitrogen and oxygen atoms in total. The fraction of sp³-hybridized carbons (Fsp3) is 0.471. The lowest BCUT2D eigenvalue weighted by molar-refractivity contribution is -0.384. The third-order valence-electron chi connectivity index (χ3n) is 4.98. The standard InChI is InChI=1S/C17H19N5O3/c23-17(21(14-6-7-14)13-3-1-2-4-13)12-5-8-15(16(9-12)22(24)25)20-11-18-10-19-20/h5,8-11,13-14H,1-4,6-7H2. The molecule has 4 rings (SSSR count). The highest BCUT2D eigenvalue weighted by Gasteiger charge is 2.39. The van der Waals surface area contributed by atoms with Crippen LogP contribution in [0.25, 0.3) is 5.69 Å². The van der Waals surface area contributed by atoms with Crippen molar-refractivity contribution >= 4 is 11.6 Å². The molecule has 130 valence electrons. The van der Waals surface area contributed by atoms with E-state index in [1.54, 1.807) is 12.1 Å². The largest absolute Gasteiger partial charge is 0.333 e. The monoisotopic (exact) mass is 341 g/mol. The SMILES string of the molecule is O=C(c1ccc(-n2cncn2)c([N+](=O)[O-])c1)N(C1CCCC1)C1CC1. The molecule has 1 aromatic heterocycles. The molecular weight excluding hydrogens is 322 g/mol. The number of rotatable bonds is 5. The Hall–Kier alpha value is -2.77. The molecule has 0 aliphatic heterocycles. The van der Waals surface area contributed by atoms with Crippen molar-refractivity contribution in [3.63, 3.8) is 0 Å². The van der Waals surface area contributed by atoms with Gasteiger partial charge in [0.05, 0.1) is 4.92 Å². The molecule has 1 heterocycles. The van der Waals surface area contributed by atoms with E-state index in [0.717, 1.165) is 38.5 Å². The van der Waals surface area contributed by atoms with Crippen molar-refractivity contribution in [1.82, 2.24) is 19.7 Å². The Kier molecular flexibility index (Phi) is 3.95. The fourth-order valence-corrected chi connectivity index (χ4v) is 3.64. The summed E-state index contributed by atoms with van der Waals surface area (Å²) in [6.07, 6.45) is 9.13. The maximum atomic E-state index is 13.1. The van der Waals surface area contributed by atoms with Gasteiger partial charge in [0.2, 0.25) is 0 Å². The summed E-state index contributed by atoms with van der Waals surface area (Å²) in [6, 6.07) is 5.15. The van der Waals surface area contributed by atoms with Gasteiger partial charge in [0, 0.05) is 23.7 Å². The molecule has 2 aliphatic rings. The molecule has 2 saturated carbocycles. The molecule has 2 fully saturated rings. The van der Waals surface area contributed by atoms with E-state index < -0.39 is 4.92 Å². The predicted molar refractivity (Wildman–Crippen MR) is 89.5 cm³/mol. The first kappa shape index (κ1) is 15.7. The Morgan fingerprint density at radius 2 is 1.92 bits per heavy atom. The summed E-state index contributed by atoms with van der Waals surface area (Å²) in [5, 5.41) is 15.4. The molecule has 0 spiro atoms. The quantitative estimate of drug-likeness (QED) is 0.615. The van der Waals surface area contributed by atoms with Gasteiger partial charge in [-0.2, -0.15) is 5.10 Å². The molecule has 2 aliphatic carbocycles. The molecule has 0 unspecified atom stereocenters. The van der Waals surface area contributed by atoms with Crippen molar-refractivity contribution in [2.45, 2.75) is 50.6 Å². The Morgan fingerprint density at radius 3 is 2.52 bits per heavy atom. The van der Waals surface area contributed by atoms with Crippen molar-refractivity contribution in [3.8, 4) is 5.69 Å². The summed E-state index contributed by atoms with van der Waals surface area (Å²) in [7, 11) is 0. The Morgan fingerprint density at radius 1 is 1.20 bits per heavy atom. The first-order valence-electron chi connectivity index (χ1n) is 8.61. The normalized spacial score (nSPS) is 17.6. The van der Waals surface area contributed by atoms with Crippen molar-refractivity contribution in [2.75, 3.05) is 0 Å². The number of hydrogen-bond acceptors (Lipinski definition) is 5.